The van der Waals surface area contributed by atoms with Crippen molar-refractivity contribution in [1.29, 1.82) is 0 Å². The lowest BCUT2D eigenvalue weighted by atomic mass is 9.88. The minimum atomic E-state index is 0.412. The highest BCUT2D eigenvalue weighted by Gasteiger charge is 2.23. The number of unbranched alkanes of at least 4 members (excludes halogenated alkanes) is 1. The van der Waals surface area contributed by atoms with Crippen molar-refractivity contribution in [2.75, 3.05) is 19.8 Å². The Balaban J connectivity index is 2.12. The van der Waals surface area contributed by atoms with Crippen LogP contribution >= 0.6 is 0 Å². The molecular weight excluding hydrogens is 212 g/mol. The second kappa shape index (κ2) is 8.93. The fourth-order valence-corrected chi connectivity index (χ4v) is 2.34. The summed E-state index contributed by atoms with van der Waals surface area (Å²) < 4.78 is 10.9. The van der Waals surface area contributed by atoms with Crippen LogP contribution in [0.2, 0.25) is 0 Å². The standard InChI is InChI=1S/C15H30O2/c1-4-7-8-13(5-2)9-14(6-3)10-16-11-15-12-17-15/h13-15H,4-12H2,1-3H3/t13-,14-,15+/m0/s1. The van der Waals surface area contributed by atoms with Gasteiger partial charge in [0.2, 0.25) is 0 Å². The van der Waals surface area contributed by atoms with Gasteiger partial charge in [0, 0.05) is 6.61 Å². The number of rotatable bonds is 11. The third-order valence-corrected chi connectivity index (χ3v) is 3.85. The van der Waals surface area contributed by atoms with Gasteiger partial charge in [-0.2, -0.15) is 0 Å². The van der Waals surface area contributed by atoms with Crippen LogP contribution in [0.1, 0.15) is 59.3 Å². The van der Waals surface area contributed by atoms with Gasteiger partial charge in [-0.05, 0) is 18.3 Å². The summed E-state index contributed by atoms with van der Waals surface area (Å²) in [5.74, 6) is 1.65. The van der Waals surface area contributed by atoms with Crippen LogP contribution in [0.15, 0.2) is 0 Å². The van der Waals surface area contributed by atoms with Crippen molar-refractivity contribution < 1.29 is 9.47 Å². The summed E-state index contributed by atoms with van der Waals surface area (Å²) in [6.07, 6.45) is 8.42. The number of epoxide rings is 1. The first kappa shape index (κ1) is 15.0. The molecule has 0 unspecified atom stereocenters. The molecule has 0 amide bonds. The molecule has 0 aromatic carbocycles. The molecule has 17 heavy (non-hydrogen) atoms. The van der Waals surface area contributed by atoms with E-state index in [-0.39, 0.29) is 0 Å². The first-order valence-corrected chi connectivity index (χ1v) is 7.49. The zero-order valence-corrected chi connectivity index (χ0v) is 11.9. The maximum absolute atomic E-state index is 5.74. The molecule has 0 aromatic rings. The van der Waals surface area contributed by atoms with Crippen molar-refractivity contribution in [2.24, 2.45) is 11.8 Å². The molecule has 0 bridgehead atoms. The summed E-state index contributed by atoms with van der Waals surface area (Å²) in [5, 5.41) is 0. The lowest BCUT2D eigenvalue weighted by molar-refractivity contribution is 0.0754. The average Bonchev–Trinajstić information content (AvgIpc) is 3.16. The highest BCUT2D eigenvalue weighted by atomic mass is 16.6. The molecule has 0 aliphatic carbocycles. The van der Waals surface area contributed by atoms with E-state index in [0.717, 1.165) is 31.7 Å². The fourth-order valence-electron chi connectivity index (χ4n) is 2.34. The normalized spacial score (nSPS) is 22.4. The molecule has 0 saturated carbocycles. The van der Waals surface area contributed by atoms with E-state index < -0.39 is 0 Å². The topological polar surface area (TPSA) is 21.8 Å². The van der Waals surface area contributed by atoms with E-state index in [1.54, 1.807) is 0 Å². The fraction of sp³-hybridized carbons (Fsp3) is 1.00. The smallest absolute Gasteiger partial charge is 0.104 e. The van der Waals surface area contributed by atoms with Gasteiger partial charge in [-0.25, -0.2) is 0 Å². The minimum absolute atomic E-state index is 0.412. The maximum atomic E-state index is 5.74. The van der Waals surface area contributed by atoms with Crippen LogP contribution in [0, 0.1) is 11.8 Å². The second-order valence-corrected chi connectivity index (χ2v) is 5.42. The lowest BCUT2D eigenvalue weighted by Crippen LogP contribution is -2.15. The number of ether oxygens (including phenoxy) is 2. The predicted molar refractivity (Wildman–Crippen MR) is 72.3 cm³/mol. The van der Waals surface area contributed by atoms with E-state index in [0.29, 0.717) is 6.10 Å². The summed E-state index contributed by atoms with van der Waals surface area (Å²) in [5.41, 5.74) is 0. The molecule has 1 rings (SSSR count). The van der Waals surface area contributed by atoms with Crippen molar-refractivity contribution >= 4 is 0 Å². The second-order valence-electron chi connectivity index (χ2n) is 5.42. The van der Waals surface area contributed by atoms with E-state index in [4.69, 9.17) is 9.47 Å². The molecule has 1 fully saturated rings. The Morgan fingerprint density at radius 1 is 1.18 bits per heavy atom. The van der Waals surface area contributed by atoms with Gasteiger partial charge in [0.05, 0.1) is 13.2 Å². The van der Waals surface area contributed by atoms with Crippen molar-refractivity contribution in [2.45, 2.75) is 65.4 Å². The van der Waals surface area contributed by atoms with Gasteiger partial charge in [-0.1, -0.05) is 52.9 Å². The summed E-state index contributed by atoms with van der Waals surface area (Å²) in [4.78, 5) is 0. The van der Waals surface area contributed by atoms with Crippen molar-refractivity contribution in [3.05, 3.63) is 0 Å². The number of hydrogen-bond donors (Lipinski definition) is 0. The monoisotopic (exact) mass is 242 g/mol. The maximum Gasteiger partial charge on any atom is 0.104 e. The highest BCUT2D eigenvalue weighted by Crippen LogP contribution is 2.24. The van der Waals surface area contributed by atoms with E-state index in [1.165, 1.54) is 38.5 Å². The SMILES string of the molecule is CCCC[C@H](CC)C[C@H](CC)COC[C@@H]1CO1. The molecule has 1 heterocycles. The van der Waals surface area contributed by atoms with Crippen LogP contribution < -0.4 is 0 Å². The molecule has 0 N–H and O–H groups in total. The van der Waals surface area contributed by atoms with E-state index in [1.807, 2.05) is 0 Å². The highest BCUT2D eigenvalue weighted by molar-refractivity contribution is 4.69. The van der Waals surface area contributed by atoms with E-state index in [9.17, 15) is 0 Å². The van der Waals surface area contributed by atoms with Gasteiger partial charge < -0.3 is 9.47 Å². The quantitative estimate of drug-likeness (QED) is 0.510. The summed E-state index contributed by atoms with van der Waals surface area (Å²) in [6.45, 7) is 9.54. The zero-order valence-electron chi connectivity index (χ0n) is 11.9. The van der Waals surface area contributed by atoms with Crippen LogP contribution in [0.25, 0.3) is 0 Å². The molecule has 2 nitrogen and oxygen atoms in total. The Labute approximate surface area is 107 Å². The Bertz CT molecular complexity index is 178. The van der Waals surface area contributed by atoms with Gasteiger partial charge in [-0.3, -0.25) is 0 Å². The van der Waals surface area contributed by atoms with Crippen LogP contribution in [-0.2, 0) is 9.47 Å². The average molecular weight is 242 g/mol. The van der Waals surface area contributed by atoms with Crippen LogP contribution in [-0.4, -0.2) is 25.9 Å². The lowest BCUT2D eigenvalue weighted by Gasteiger charge is -2.21. The third kappa shape index (κ3) is 7.05. The van der Waals surface area contributed by atoms with Crippen molar-refractivity contribution in [3.8, 4) is 0 Å². The Morgan fingerprint density at radius 3 is 2.41 bits per heavy atom. The summed E-state index contributed by atoms with van der Waals surface area (Å²) in [7, 11) is 0. The molecule has 0 aromatic heterocycles. The van der Waals surface area contributed by atoms with Gasteiger partial charge >= 0.3 is 0 Å². The Hall–Kier alpha value is -0.0800. The first-order chi connectivity index (χ1) is 8.30. The van der Waals surface area contributed by atoms with Crippen LogP contribution in [0.3, 0.4) is 0 Å². The van der Waals surface area contributed by atoms with Gasteiger partial charge in [-0.15, -0.1) is 0 Å². The molecule has 3 atom stereocenters. The molecule has 0 spiro atoms. The summed E-state index contributed by atoms with van der Waals surface area (Å²) in [6, 6.07) is 0. The molecular formula is C15H30O2. The molecule has 2 heteroatoms. The first-order valence-electron chi connectivity index (χ1n) is 7.49. The van der Waals surface area contributed by atoms with Gasteiger partial charge in [0.25, 0.3) is 0 Å². The van der Waals surface area contributed by atoms with Gasteiger partial charge in [0.15, 0.2) is 0 Å². The van der Waals surface area contributed by atoms with E-state index >= 15 is 0 Å². The number of hydrogen-bond acceptors (Lipinski definition) is 2. The van der Waals surface area contributed by atoms with Crippen LogP contribution in [0.5, 0.6) is 0 Å². The zero-order chi connectivity index (χ0) is 12.5. The van der Waals surface area contributed by atoms with Gasteiger partial charge in [0.1, 0.15) is 6.10 Å². The molecule has 1 saturated heterocycles. The Morgan fingerprint density at radius 2 is 1.88 bits per heavy atom. The molecule has 0 radical (unpaired) electrons. The minimum Gasteiger partial charge on any atom is -0.378 e. The van der Waals surface area contributed by atoms with Crippen molar-refractivity contribution in [3.63, 3.8) is 0 Å². The largest absolute Gasteiger partial charge is 0.378 e. The van der Waals surface area contributed by atoms with Crippen molar-refractivity contribution in [1.82, 2.24) is 0 Å². The molecule has 102 valence electrons. The van der Waals surface area contributed by atoms with Crippen LogP contribution in [0.4, 0.5) is 0 Å². The Kier molecular flexibility index (Phi) is 7.87. The third-order valence-electron chi connectivity index (χ3n) is 3.85. The molecule has 1 aliphatic rings. The molecule has 1 aliphatic heterocycles. The van der Waals surface area contributed by atoms with E-state index in [2.05, 4.69) is 20.8 Å². The predicted octanol–water partition coefficient (Wildman–Crippen LogP) is 4.03. The summed E-state index contributed by atoms with van der Waals surface area (Å²) >= 11 is 0.